The van der Waals surface area contributed by atoms with E-state index in [0.29, 0.717) is 6.10 Å². The molecule has 0 spiro atoms. The highest BCUT2D eigenvalue weighted by Gasteiger charge is 2.35. The average Bonchev–Trinajstić information content (AvgIpc) is 2.45. The van der Waals surface area contributed by atoms with Crippen molar-refractivity contribution >= 4 is 0 Å². The molecule has 0 amide bonds. The predicted octanol–water partition coefficient (Wildman–Crippen LogP) is 5.58. The normalized spacial score (nSPS) is 35.1. The lowest BCUT2D eigenvalue weighted by atomic mass is 9.66. The molecule has 1 nitrogen and oxygen atoms in total. The van der Waals surface area contributed by atoms with Crippen molar-refractivity contribution in [2.45, 2.75) is 90.6 Å². The van der Waals surface area contributed by atoms with Crippen LogP contribution in [0.4, 0.5) is 0 Å². The number of rotatable bonds is 7. The summed E-state index contributed by atoms with van der Waals surface area (Å²) in [5.41, 5.74) is 0. The minimum Gasteiger partial charge on any atom is -0.378 e. The summed E-state index contributed by atoms with van der Waals surface area (Å²) in [5, 5.41) is 0. The Kier molecular flexibility index (Phi) is 6.70. The van der Waals surface area contributed by atoms with Gasteiger partial charge in [-0.1, -0.05) is 46.0 Å². The minimum absolute atomic E-state index is 0.595. The molecule has 0 saturated heterocycles. The Hall–Kier alpha value is -0.0400. The second kappa shape index (κ2) is 8.29. The lowest BCUT2D eigenvalue weighted by molar-refractivity contribution is -0.0195. The van der Waals surface area contributed by atoms with Crippen LogP contribution < -0.4 is 0 Å². The highest BCUT2D eigenvalue weighted by atomic mass is 16.5. The molecule has 2 aliphatic rings. The Morgan fingerprint density at radius 1 is 0.842 bits per heavy atom. The maximum Gasteiger partial charge on any atom is 0.0578 e. The van der Waals surface area contributed by atoms with Gasteiger partial charge in [-0.25, -0.2) is 0 Å². The van der Waals surface area contributed by atoms with Gasteiger partial charge in [-0.3, -0.25) is 0 Å². The molecule has 2 unspecified atom stereocenters. The van der Waals surface area contributed by atoms with Gasteiger partial charge in [0, 0.05) is 6.61 Å². The van der Waals surface area contributed by atoms with E-state index >= 15 is 0 Å². The number of ether oxygens (including phenoxy) is 1. The molecule has 2 rings (SSSR count). The molecule has 0 heterocycles. The van der Waals surface area contributed by atoms with Gasteiger partial charge in [-0.05, 0) is 56.3 Å². The van der Waals surface area contributed by atoms with Crippen LogP contribution in [0.15, 0.2) is 0 Å². The Balaban J connectivity index is 1.69. The van der Waals surface area contributed by atoms with Crippen molar-refractivity contribution < 1.29 is 4.74 Å². The van der Waals surface area contributed by atoms with Crippen molar-refractivity contribution in [3.8, 4) is 0 Å². The zero-order chi connectivity index (χ0) is 13.5. The Labute approximate surface area is 120 Å². The summed E-state index contributed by atoms with van der Waals surface area (Å²) in [4.78, 5) is 0. The monoisotopic (exact) mass is 266 g/mol. The van der Waals surface area contributed by atoms with Gasteiger partial charge in [-0.15, -0.1) is 0 Å². The van der Waals surface area contributed by atoms with Crippen LogP contribution >= 0.6 is 0 Å². The molecule has 0 aromatic heterocycles. The van der Waals surface area contributed by atoms with Crippen LogP contribution in [0.5, 0.6) is 0 Å². The molecule has 0 bridgehead atoms. The van der Waals surface area contributed by atoms with Gasteiger partial charge in [0.15, 0.2) is 0 Å². The second-order valence-electron chi connectivity index (χ2n) is 7.00. The number of fused-ring (bicyclic) bond motifs is 1. The van der Waals surface area contributed by atoms with E-state index in [1.54, 1.807) is 0 Å². The maximum absolute atomic E-state index is 5.99. The van der Waals surface area contributed by atoms with Crippen LogP contribution in [-0.4, -0.2) is 12.7 Å². The fraction of sp³-hybridized carbons (Fsp3) is 1.00. The smallest absolute Gasteiger partial charge is 0.0578 e. The summed E-state index contributed by atoms with van der Waals surface area (Å²) >= 11 is 0. The fourth-order valence-electron chi connectivity index (χ4n) is 4.32. The first-order chi connectivity index (χ1) is 9.33. The quantitative estimate of drug-likeness (QED) is 0.547. The molecule has 112 valence electrons. The van der Waals surface area contributed by atoms with Crippen molar-refractivity contribution in [2.24, 2.45) is 17.8 Å². The largest absolute Gasteiger partial charge is 0.378 e. The predicted molar refractivity (Wildman–Crippen MR) is 82.3 cm³/mol. The van der Waals surface area contributed by atoms with Crippen LogP contribution in [-0.2, 0) is 4.74 Å². The van der Waals surface area contributed by atoms with Gasteiger partial charge in [0.1, 0.15) is 0 Å². The zero-order valence-electron chi connectivity index (χ0n) is 13.2. The summed E-state index contributed by atoms with van der Waals surface area (Å²) < 4.78 is 5.99. The number of hydrogen-bond acceptors (Lipinski definition) is 1. The summed E-state index contributed by atoms with van der Waals surface area (Å²) in [7, 11) is 0. The van der Waals surface area contributed by atoms with Crippen molar-refractivity contribution in [2.75, 3.05) is 6.61 Å². The van der Waals surface area contributed by atoms with Gasteiger partial charge in [-0.2, -0.15) is 0 Å². The SMILES string of the molecule is CCCCCC1CCC2C[C@H](OCCC)CC[C@@H]2C1. The number of hydrogen-bond donors (Lipinski definition) is 0. The molecule has 2 aliphatic carbocycles. The third-order valence-corrected chi connectivity index (χ3v) is 5.45. The lowest BCUT2D eigenvalue weighted by Crippen LogP contribution is -2.34. The van der Waals surface area contributed by atoms with Crippen LogP contribution in [0, 0.1) is 17.8 Å². The molecule has 0 aromatic carbocycles. The maximum atomic E-state index is 5.99. The molecule has 0 aromatic rings. The lowest BCUT2D eigenvalue weighted by Gasteiger charge is -2.42. The van der Waals surface area contributed by atoms with E-state index in [2.05, 4.69) is 13.8 Å². The van der Waals surface area contributed by atoms with E-state index in [1.165, 1.54) is 70.6 Å². The Morgan fingerprint density at radius 2 is 1.63 bits per heavy atom. The third-order valence-electron chi connectivity index (χ3n) is 5.45. The highest BCUT2D eigenvalue weighted by Crippen LogP contribution is 2.44. The highest BCUT2D eigenvalue weighted by molar-refractivity contribution is 4.86. The standard InChI is InChI=1S/C18H34O/c1-3-5-6-7-15-8-9-17-14-18(19-12-4-2)11-10-16(17)13-15/h15-18H,3-14H2,1-2H3/t15?,16-,17?,18-/m1/s1. The van der Waals surface area contributed by atoms with E-state index in [0.717, 1.165) is 24.4 Å². The van der Waals surface area contributed by atoms with E-state index < -0.39 is 0 Å². The molecule has 0 aliphatic heterocycles. The zero-order valence-corrected chi connectivity index (χ0v) is 13.2. The van der Waals surface area contributed by atoms with Crippen molar-refractivity contribution in [3.05, 3.63) is 0 Å². The van der Waals surface area contributed by atoms with E-state index in [9.17, 15) is 0 Å². The first kappa shape index (κ1) is 15.4. The van der Waals surface area contributed by atoms with Gasteiger partial charge in [0.2, 0.25) is 0 Å². The Morgan fingerprint density at radius 3 is 2.42 bits per heavy atom. The molecular weight excluding hydrogens is 232 g/mol. The molecular formula is C18H34O. The van der Waals surface area contributed by atoms with Gasteiger partial charge < -0.3 is 4.74 Å². The first-order valence-electron chi connectivity index (χ1n) is 8.95. The van der Waals surface area contributed by atoms with Crippen LogP contribution in [0.1, 0.15) is 84.5 Å². The molecule has 1 heteroatoms. The van der Waals surface area contributed by atoms with Crippen molar-refractivity contribution in [1.82, 2.24) is 0 Å². The summed E-state index contributed by atoms with van der Waals surface area (Å²) in [6.45, 7) is 5.50. The molecule has 0 radical (unpaired) electrons. The second-order valence-corrected chi connectivity index (χ2v) is 7.00. The van der Waals surface area contributed by atoms with E-state index in [1.807, 2.05) is 0 Å². The first-order valence-corrected chi connectivity index (χ1v) is 8.95. The molecule has 2 saturated carbocycles. The number of unbranched alkanes of at least 4 members (excludes halogenated alkanes) is 2. The van der Waals surface area contributed by atoms with Gasteiger partial charge in [0.05, 0.1) is 6.10 Å². The van der Waals surface area contributed by atoms with Gasteiger partial charge >= 0.3 is 0 Å². The topological polar surface area (TPSA) is 9.23 Å². The van der Waals surface area contributed by atoms with Crippen molar-refractivity contribution in [3.63, 3.8) is 0 Å². The summed E-state index contributed by atoms with van der Waals surface area (Å²) in [6.07, 6.45) is 16.2. The minimum atomic E-state index is 0.595. The van der Waals surface area contributed by atoms with Gasteiger partial charge in [0.25, 0.3) is 0 Å². The molecule has 2 fully saturated rings. The van der Waals surface area contributed by atoms with Crippen LogP contribution in [0.2, 0.25) is 0 Å². The van der Waals surface area contributed by atoms with E-state index in [-0.39, 0.29) is 0 Å². The van der Waals surface area contributed by atoms with Crippen LogP contribution in [0.25, 0.3) is 0 Å². The van der Waals surface area contributed by atoms with E-state index in [4.69, 9.17) is 4.74 Å². The summed E-state index contributed by atoms with van der Waals surface area (Å²) in [6, 6.07) is 0. The third kappa shape index (κ3) is 4.77. The average molecular weight is 266 g/mol. The molecule has 4 atom stereocenters. The fourth-order valence-corrected chi connectivity index (χ4v) is 4.32. The molecule has 19 heavy (non-hydrogen) atoms. The van der Waals surface area contributed by atoms with Crippen LogP contribution in [0.3, 0.4) is 0 Å². The summed E-state index contributed by atoms with van der Waals surface area (Å²) in [5.74, 6) is 3.10. The Bertz CT molecular complexity index is 238. The molecule has 0 N–H and O–H groups in total. The van der Waals surface area contributed by atoms with Crippen molar-refractivity contribution in [1.29, 1.82) is 0 Å².